The second kappa shape index (κ2) is 11.3. The predicted molar refractivity (Wildman–Crippen MR) is 127 cm³/mol. The van der Waals surface area contributed by atoms with Crippen LogP contribution < -0.4 is 20.3 Å². The number of amides is 2. The lowest BCUT2D eigenvalue weighted by Crippen LogP contribution is -2.49. The van der Waals surface area contributed by atoms with Crippen molar-refractivity contribution in [1.29, 1.82) is 0 Å². The zero-order valence-corrected chi connectivity index (χ0v) is 19.5. The highest BCUT2D eigenvalue weighted by molar-refractivity contribution is 9.10. The van der Waals surface area contributed by atoms with E-state index in [1.165, 1.54) is 0 Å². The molecule has 32 heavy (non-hydrogen) atoms. The molecule has 0 spiro atoms. The lowest BCUT2D eigenvalue weighted by Gasteiger charge is -2.18. The fourth-order valence-electron chi connectivity index (χ4n) is 2.96. The van der Waals surface area contributed by atoms with Gasteiger partial charge in [-0.05, 0) is 70.2 Å². The number of ether oxygens (including phenoxy) is 2. The first-order valence-electron chi connectivity index (χ1n) is 10.3. The third kappa shape index (κ3) is 6.59. The molecule has 0 saturated heterocycles. The molecule has 3 rings (SSSR count). The maximum atomic E-state index is 12.4. The van der Waals surface area contributed by atoms with Crippen LogP contribution in [0.25, 0.3) is 11.1 Å². The molecule has 0 saturated carbocycles. The summed E-state index contributed by atoms with van der Waals surface area (Å²) in [5.74, 6) is 0.203. The van der Waals surface area contributed by atoms with Crippen LogP contribution in [0.1, 0.15) is 18.9 Å². The Morgan fingerprint density at radius 3 is 2.28 bits per heavy atom. The SMILES string of the molecule is CCC(Oc1ccc(-c2ccccc2)cc1)C(=O)NNC(=O)COc1ccc(C)cc1Br. The summed E-state index contributed by atoms with van der Waals surface area (Å²) in [6.07, 6.45) is -0.306. The summed E-state index contributed by atoms with van der Waals surface area (Å²) < 4.78 is 12.0. The highest BCUT2D eigenvalue weighted by atomic mass is 79.9. The van der Waals surface area contributed by atoms with Gasteiger partial charge in [-0.2, -0.15) is 0 Å². The highest BCUT2D eigenvalue weighted by Crippen LogP contribution is 2.25. The Bertz CT molecular complexity index is 1060. The van der Waals surface area contributed by atoms with Gasteiger partial charge in [-0.1, -0.05) is 55.5 Å². The monoisotopic (exact) mass is 496 g/mol. The van der Waals surface area contributed by atoms with Gasteiger partial charge in [0.1, 0.15) is 11.5 Å². The van der Waals surface area contributed by atoms with Gasteiger partial charge in [0.25, 0.3) is 11.8 Å². The number of benzene rings is 3. The van der Waals surface area contributed by atoms with Gasteiger partial charge < -0.3 is 9.47 Å². The van der Waals surface area contributed by atoms with Crippen molar-refractivity contribution in [3.8, 4) is 22.6 Å². The lowest BCUT2D eigenvalue weighted by molar-refractivity contribution is -0.134. The Kier molecular flexibility index (Phi) is 8.27. The molecule has 0 fully saturated rings. The van der Waals surface area contributed by atoms with E-state index in [1.807, 2.05) is 80.6 Å². The van der Waals surface area contributed by atoms with Crippen LogP contribution in [-0.2, 0) is 9.59 Å². The Balaban J connectivity index is 1.48. The normalized spacial score (nSPS) is 11.3. The first kappa shape index (κ1) is 23.3. The minimum Gasteiger partial charge on any atom is -0.483 e. The summed E-state index contributed by atoms with van der Waals surface area (Å²) in [6, 6.07) is 23.1. The van der Waals surface area contributed by atoms with Crippen molar-refractivity contribution in [2.75, 3.05) is 6.61 Å². The minimum absolute atomic E-state index is 0.236. The Hall–Kier alpha value is -3.32. The van der Waals surface area contributed by atoms with Crippen LogP contribution in [0, 0.1) is 6.92 Å². The number of halogens is 1. The molecule has 7 heteroatoms. The van der Waals surface area contributed by atoms with Crippen LogP contribution >= 0.6 is 15.9 Å². The second-order valence-corrected chi connectivity index (χ2v) is 8.02. The number of hydrazine groups is 1. The fraction of sp³-hybridized carbons (Fsp3) is 0.200. The van der Waals surface area contributed by atoms with Crippen molar-refractivity contribution < 1.29 is 19.1 Å². The van der Waals surface area contributed by atoms with E-state index in [-0.39, 0.29) is 6.61 Å². The summed E-state index contributed by atoms with van der Waals surface area (Å²) in [4.78, 5) is 24.5. The smallest absolute Gasteiger partial charge is 0.279 e. The van der Waals surface area contributed by atoms with E-state index in [2.05, 4.69) is 26.8 Å². The molecule has 6 nitrogen and oxygen atoms in total. The van der Waals surface area contributed by atoms with E-state index in [0.717, 1.165) is 21.2 Å². The van der Waals surface area contributed by atoms with Gasteiger partial charge in [-0.25, -0.2) is 0 Å². The maximum absolute atomic E-state index is 12.4. The zero-order valence-electron chi connectivity index (χ0n) is 17.9. The number of hydrogen-bond acceptors (Lipinski definition) is 4. The average Bonchev–Trinajstić information content (AvgIpc) is 2.81. The molecule has 0 bridgehead atoms. The molecule has 1 atom stereocenters. The standard InChI is InChI=1S/C25H25BrN2O4/c1-3-22(32-20-12-10-19(11-13-20)18-7-5-4-6-8-18)25(30)28-27-24(29)16-31-23-14-9-17(2)15-21(23)26/h4-15,22H,3,16H2,1-2H3,(H,27,29)(H,28,30). The number of hydrogen-bond donors (Lipinski definition) is 2. The quantitative estimate of drug-likeness (QED) is 0.438. The van der Waals surface area contributed by atoms with Gasteiger partial charge in [0.05, 0.1) is 4.47 Å². The molecule has 0 aliphatic rings. The molecule has 166 valence electrons. The molecule has 3 aromatic rings. The molecule has 0 aromatic heterocycles. The molecule has 0 aliphatic heterocycles. The number of nitrogens with one attached hydrogen (secondary N) is 2. The number of carbonyl (C=O) groups is 2. The molecular weight excluding hydrogens is 472 g/mol. The van der Waals surface area contributed by atoms with E-state index >= 15 is 0 Å². The number of aryl methyl sites for hydroxylation is 1. The molecular formula is C25H25BrN2O4. The van der Waals surface area contributed by atoms with E-state index in [9.17, 15) is 9.59 Å². The number of rotatable bonds is 8. The van der Waals surface area contributed by atoms with Gasteiger partial charge in [-0.3, -0.25) is 20.4 Å². The van der Waals surface area contributed by atoms with Crippen molar-refractivity contribution in [1.82, 2.24) is 10.9 Å². The third-order valence-electron chi connectivity index (χ3n) is 4.67. The average molecular weight is 497 g/mol. The van der Waals surface area contributed by atoms with Crippen molar-refractivity contribution in [3.63, 3.8) is 0 Å². The lowest BCUT2D eigenvalue weighted by atomic mass is 10.1. The first-order valence-corrected chi connectivity index (χ1v) is 11.1. The van der Waals surface area contributed by atoms with Crippen molar-refractivity contribution >= 4 is 27.7 Å². The Morgan fingerprint density at radius 2 is 1.62 bits per heavy atom. The second-order valence-electron chi connectivity index (χ2n) is 7.17. The molecule has 2 N–H and O–H groups in total. The predicted octanol–water partition coefficient (Wildman–Crippen LogP) is 4.81. The number of carbonyl (C=O) groups excluding carboxylic acids is 2. The first-order chi connectivity index (χ1) is 15.5. The summed E-state index contributed by atoms with van der Waals surface area (Å²) in [5, 5.41) is 0. The van der Waals surface area contributed by atoms with Gasteiger partial charge in [0.15, 0.2) is 12.7 Å². The molecule has 0 aliphatic carbocycles. The fourth-order valence-corrected chi connectivity index (χ4v) is 3.56. The van der Waals surface area contributed by atoms with Crippen molar-refractivity contribution in [3.05, 3.63) is 82.8 Å². The summed E-state index contributed by atoms with van der Waals surface area (Å²) >= 11 is 3.39. The highest BCUT2D eigenvalue weighted by Gasteiger charge is 2.19. The molecule has 0 radical (unpaired) electrons. The summed E-state index contributed by atoms with van der Waals surface area (Å²) in [6.45, 7) is 3.56. The van der Waals surface area contributed by atoms with Crippen molar-refractivity contribution in [2.24, 2.45) is 0 Å². The molecule has 2 amide bonds. The largest absolute Gasteiger partial charge is 0.483 e. The van der Waals surface area contributed by atoms with Crippen LogP contribution in [0.15, 0.2) is 77.3 Å². The third-order valence-corrected chi connectivity index (χ3v) is 5.29. The Morgan fingerprint density at radius 1 is 0.938 bits per heavy atom. The van der Waals surface area contributed by atoms with E-state index in [0.29, 0.717) is 17.9 Å². The maximum Gasteiger partial charge on any atom is 0.279 e. The van der Waals surface area contributed by atoms with E-state index < -0.39 is 17.9 Å². The van der Waals surface area contributed by atoms with Gasteiger partial charge >= 0.3 is 0 Å². The molecule has 0 heterocycles. The minimum atomic E-state index is -0.745. The van der Waals surface area contributed by atoms with Crippen LogP contribution in [0.2, 0.25) is 0 Å². The topological polar surface area (TPSA) is 76.7 Å². The van der Waals surface area contributed by atoms with Crippen LogP contribution in [0.3, 0.4) is 0 Å². The van der Waals surface area contributed by atoms with Crippen LogP contribution in [0.5, 0.6) is 11.5 Å². The Labute approximate surface area is 196 Å². The molecule has 3 aromatic carbocycles. The van der Waals surface area contributed by atoms with Crippen LogP contribution in [-0.4, -0.2) is 24.5 Å². The van der Waals surface area contributed by atoms with E-state index in [4.69, 9.17) is 9.47 Å². The van der Waals surface area contributed by atoms with Gasteiger partial charge in [0, 0.05) is 0 Å². The van der Waals surface area contributed by atoms with Gasteiger partial charge in [0.2, 0.25) is 0 Å². The summed E-state index contributed by atoms with van der Waals surface area (Å²) in [5.41, 5.74) is 7.98. The molecule has 1 unspecified atom stereocenters. The zero-order chi connectivity index (χ0) is 22.9. The van der Waals surface area contributed by atoms with Gasteiger partial charge in [-0.15, -0.1) is 0 Å². The van der Waals surface area contributed by atoms with Crippen LogP contribution in [0.4, 0.5) is 0 Å². The van der Waals surface area contributed by atoms with Crippen molar-refractivity contribution in [2.45, 2.75) is 26.4 Å². The van der Waals surface area contributed by atoms with E-state index in [1.54, 1.807) is 6.07 Å². The summed E-state index contributed by atoms with van der Waals surface area (Å²) in [7, 11) is 0.